The number of halogens is 4. The molecule has 0 radical (unpaired) electrons. The summed E-state index contributed by atoms with van der Waals surface area (Å²) in [6.07, 6.45) is -0.406. The van der Waals surface area contributed by atoms with Gasteiger partial charge in [-0.15, -0.1) is 5.10 Å². The van der Waals surface area contributed by atoms with Gasteiger partial charge in [0, 0.05) is 41.8 Å². The van der Waals surface area contributed by atoms with E-state index in [1.165, 1.54) is 13.1 Å². The number of benzene rings is 1. The highest BCUT2D eigenvalue weighted by Crippen LogP contribution is 2.32. The maximum absolute atomic E-state index is 13.5. The van der Waals surface area contributed by atoms with Crippen molar-refractivity contribution in [1.29, 1.82) is 0 Å². The summed E-state index contributed by atoms with van der Waals surface area (Å²) in [7, 11) is 1.44. The molecule has 0 aliphatic carbocycles. The van der Waals surface area contributed by atoms with Crippen LogP contribution in [0.3, 0.4) is 0 Å². The van der Waals surface area contributed by atoms with Gasteiger partial charge in [0.1, 0.15) is 5.69 Å². The minimum atomic E-state index is -4.58. The van der Waals surface area contributed by atoms with Gasteiger partial charge in [-0.25, -0.2) is 14.2 Å². The highest BCUT2D eigenvalue weighted by molar-refractivity contribution is 6.30. The van der Waals surface area contributed by atoms with E-state index in [0.29, 0.717) is 32.8 Å². The van der Waals surface area contributed by atoms with Gasteiger partial charge in [-0.2, -0.15) is 17.7 Å². The van der Waals surface area contributed by atoms with Crippen LogP contribution in [-0.2, 0) is 19.8 Å². The van der Waals surface area contributed by atoms with Crippen LogP contribution < -0.4 is 11.2 Å². The molecule has 4 heterocycles. The number of hydrogen-bond donors (Lipinski definition) is 0. The first kappa shape index (κ1) is 23.5. The first-order chi connectivity index (χ1) is 17.1. The number of nitrogens with zero attached hydrogens (tertiary/aromatic N) is 6. The standard InChI is InChI=1S/C24H16ClF3N6O2/c1-32-22(35)20(15-5-7-17(25)8-6-15)19(16-3-2-10-29-12-16)21-31-33(23(36)34(21)32)13-14-4-9-18(30-11-14)24(26,27)28/h2-12H,13H2,1H3. The summed E-state index contributed by atoms with van der Waals surface area (Å²) < 4.78 is 41.9. The molecular formula is C24H16ClF3N6O2. The molecule has 0 fully saturated rings. The Balaban J connectivity index is 1.74. The molecule has 0 atom stereocenters. The molecule has 5 aromatic rings. The van der Waals surface area contributed by atoms with Crippen LogP contribution in [-0.4, -0.2) is 28.9 Å². The third-order valence-corrected chi connectivity index (χ3v) is 5.88. The summed E-state index contributed by atoms with van der Waals surface area (Å²) in [6, 6.07) is 12.2. The summed E-state index contributed by atoms with van der Waals surface area (Å²) in [4.78, 5) is 34.4. The number of fused-ring (bicyclic) bond motifs is 1. The Bertz CT molecular complexity index is 1690. The van der Waals surface area contributed by atoms with E-state index in [-0.39, 0.29) is 12.2 Å². The van der Waals surface area contributed by atoms with Crippen molar-refractivity contribution in [3.8, 4) is 22.3 Å². The van der Waals surface area contributed by atoms with E-state index in [0.717, 1.165) is 26.1 Å². The van der Waals surface area contributed by atoms with E-state index in [1.54, 1.807) is 48.8 Å². The first-order valence-electron chi connectivity index (χ1n) is 10.6. The molecule has 0 saturated carbocycles. The fraction of sp³-hybridized carbons (Fsp3) is 0.125. The van der Waals surface area contributed by atoms with Gasteiger partial charge in [0.15, 0.2) is 5.65 Å². The quantitative estimate of drug-likeness (QED) is 0.363. The molecule has 182 valence electrons. The van der Waals surface area contributed by atoms with Crippen LogP contribution >= 0.6 is 11.6 Å². The topological polar surface area (TPSA) is 87.1 Å². The molecule has 0 saturated heterocycles. The van der Waals surface area contributed by atoms with Gasteiger partial charge in [-0.05, 0) is 35.4 Å². The third-order valence-electron chi connectivity index (χ3n) is 5.63. The highest BCUT2D eigenvalue weighted by Gasteiger charge is 2.32. The largest absolute Gasteiger partial charge is 0.433 e. The fourth-order valence-corrected chi connectivity index (χ4v) is 4.05. The highest BCUT2D eigenvalue weighted by atomic mass is 35.5. The maximum atomic E-state index is 13.5. The van der Waals surface area contributed by atoms with Crippen molar-refractivity contribution in [2.24, 2.45) is 7.05 Å². The van der Waals surface area contributed by atoms with E-state index in [4.69, 9.17) is 11.6 Å². The molecule has 0 amide bonds. The van der Waals surface area contributed by atoms with Gasteiger partial charge >= 0.3 is 11.9 Å². The lowest BCUT2D eigenvalue weighted by Crippen LogP contribution is -2.33. The summed E-state index contributed by atoms with van der Waals surface area (Å²) in [5.41, 5.74) is 0.173. The minimum absolute atomic E-state index is 0.150. The van der Waals surface area contributed by atoms with Crippen molar-refractivity contribution in [3.05, 3.63) is 104 Å². The Hall–Kier alpha value is -4.25. The van der Waals surface area contributed by atoms with Crippen LogP contribution in [0.15, 0.2) is 76.7 Å². The fourth-order valence-electron chi connectivity index (χ4n) is 3.93. The number of rotatable bonds is 4. The van der Waals surface area contributed by atoms with Crippen molar-refractivity contribution >= 4 is 17.2 Å². The van der Waals surface area contributed by atoms with Crippen molar-refractivity contribution in [3.63, 3.8) is 0 Å². The van der Waals surface area contributed by atoms with Crippen molar-refractivity contribution in [2.45, 2.75) is 12.7 Å². The zero-order chi connectivity index (χ0) is 25.6. The second kappa shape index (κ2) is 8.76. The molecule has 0 N–H and O–H groups in total. The minimum Gasteiger partial charge on any atom is -0.267 e. The van der Waals surface area contributed by atoms with Crippen molar-refractivity contribution < 1.29 is 13.2 Å². The molecule has 0 aliphatic rings. The average Bonchev–Trinajstić information content (AvgIpc) is 3.18. The summed E-state index contributed by atoms with van der Waals surface area (Å²) in [6.45, 7) is -0.150. The number of hydrogen-bond acceptors (Lipinski definition) is 5. The molecule has 5 rings (SSSR count). The SMILES string of the molecule is Cn1c(=O)c(-c2ccc(Cl)cc2)c(-c2cccnc2)c2nn(Cc3ccc(C(F)(F)F)nc3)c(=O)n21. The van der Waals surface area contributed by atoms with Gasteiger partial charge in [0.25, 0.3) is 5.56 Å². The van der Waals surface area contributed by atoms with Crippen LogP contribution in [0.25, 0.3) is 27.9 Å². The van der Waals surface area contributed by atoms with Crippen LogP contribution in [0.5, 0.6) is 0 Å². The van der Waals surface area contributed by atoms with Crippen LogP contribution in [0, 0.1) is 0 Å². The summed E-state index contributed by atoms with van der Waals surface area (Å²) in [5.74, 6) is 0. The van der Waals surface area contributed by atoms with Gasteiger partial charge in [0.05, 0.1) is 12.1 Å². The van der Waals surface area contributed by atoms with E-state index < -0.39 is 23.1 Å². The van der Waals surface area contributed by atoms with Gasteiger partial charge < -0.3 is 0 Å². The molecule has 1 aromatic carbocycles. The molecule has 0 aliphatic heterocycles. The Morgan fingerprint density at radius 2 is 1.69 bits per heavy atom. The Morgan fingerprint density at radius 1 is 0.944 bits per heavy atom. The monoisotopic (exact) mass is 512 g/mol. The number of pyridine rings is 2. The summed E-state index contributed by atoms with van der Waals surface area (Å²) in [5, 5.41) is 4.96. The lowest BCUT2D eigenvalue weighted by atomic mass is 9.97. The molecule has 8 nitrogen and oxygen atoms in total. The molecule has 0 bridgehead atoms. The van der Waals surface area contributed by atoms with Crippen LogP contribution in [0.2, 0.25) is 5.02 Å². The van der Waals surface area contributed by atoms with Crippen LogP contribution in [0.4, 0.5) is 13.2 Å². The normalized spacial score (nSPS) is 11.8. The number of aryl methyl sites for hydroxylation is 1. The summed E-state index contributed by atoms with van der Waals surface area (Å²) >= 11 is 6.04. The molecular weight excluding hydrogens is 497 g/mol. The number of alkyl halides is 3. The molecule has 4 aromatic heterocycles. The molecule has 36 heavy (non-hydrogen) atoms. The van der Waals surface area contributed by atoms with Gasteiger partial charge in [0.2, 0.25) is 0 Å². The van der Waals surface area contributed by atoms with E-state index in [2.05, 4.69) is 15.1 Å². The number of aromatic nitrogens is 6. The smallest absolute Gasteiger partial charge is 0.267 e. The Morgan fingerprint density at radius 3 is 2.31 bits per heavy atom. The second-order valence-corrected chi connectivity index (χ2v) is 8.39. The molecule has 0 unspecified atom stereocenters. The third kappa shape index (κ3) is 4.07. The molecule has 12 heteroatoms. The van der Waals surface area contributed by atoms with Crippen molar-refractivity contribution in [1.82, 2.24) is 28.9 Å². The lowest BCUT2D eigenvalue weighted by molar-refractivity contribution is -0.141. The Labute approximate surface area is 205 Å². The van der Waals surface area contributed by atoms with Gasteiger partial charge in [-0.3, -0.25) is 14.8 Å². The average molecular weight is 513 g/mol. The predicted molar refractivity (Wildman–Crippen MR) is 127 cm³/mol. The van der Waals surface area contributed by atoms with Crippen LogP contribution in [0.1, 0.15) is 11.3 Å². The second-order valence-electron chi connectivity index (χ2n) is 7.95. The zero-order valence-electron chi connectivity index (χ0n) is 18.6. The van der Waals surface area contributed by atoms with E-state index in [9.17, 15) is 22.8 Å². The van der Waals surface area contributed by atoms with E-state index in [1.807, 2.05) is 0 Å². The van der Waals surface area contributed by atoms with Crippen molar-refractivity contribution in [2.75, 3.05) is 0 Å². The molecule has 0 spiro atoms. The predicted octanol–water partition coefficient (Wildman–Crippen LogP) is 4.04. The zero-order valence-corrected chi connectivity index (χ0v) is 19.3. The maximum Gasteiger partial charge on any atom is 0.433 e. The lowest BCUT2D eigenvalue weighted by Gasteiger charge is -2.13. The Kier molecular flexibility index (Phi) is 5.71. The van der Waals surface area contributed by atoms with E-state index >= 15 is 0 Å². The van der Waals surface area contributed by atoms with Gasteiger partial charge in [-0.1, -0.05) is 35.9 Å². The first-order valence-corrected chi connectivity index (χ1v) is 10.9.